The predicted octanol–water partition coefficient (Wildman–Crippen LogP) is 5.57. The largest absolute Gasteiger partial charge is 0.369 e. The Morgan fingerprint density at radius 2 is 1.91 bits per heavy atom. The molecule has 0 amide bonds. The van der Waals surface area contributed by atoms with Crippen LogP contribution < -0.4 is 0 Å². The van der Waals surface area contributed by atoms with Gasteiger partial charge in [0, 0.05) is 36.8 Å². The second-order valence-electron chi connectivity index (χ2n) is 8.02. The molecule has 2 aromatic heterocycles. The summed E-state index contributed by atoms with van der Waals surface area (Å²) in [6.07, 6.45) is 3.38. The molecule has 2 heterocycles. The third kappa shape index (κ3) is 4.35. The van der Waals surface area contributed by atoms with Crippen LogP contribution in [0.15, 0.2) is 65.8 Å². The van der Waals surface area contributed by atoms with E-state index in [0.29, 0.717) is 22.6 Å². The van der Waals surface area contributed by atoms with Crippen LogP contribution in [0.1, 0.15) is 28.4 Å². The first-order valence-electron chi connectivity index (χ1n) is 10.5. The van der Waals surface area contributed by atoms with Crippen molar-refractivity contribution in [1.29, 1.82) is 5.26 Å². The summed E-state index contributed by atoms with van der Waals surface area (Å²) < 4.78 is 0. The summed E-state index contributed by atoms with van der Waals surface area (Å²) in [5, 5.41) is 10.5. The van der Waals surface area contributed by atoms with Crippen LogP contribution in [0, 0.1) is 18.3 Å². The molecule has 0 bridgehead atoms. The van der Waals surface area contributed by atoms with Crippen LogP contribution >= 0.6 is 0 Å². The number of benzene rings is 2. The summed E-state index contributed by atoms with van der Waals surface area (Å²) in [6.45, 7) is 3.42. The second kappa shape index (κ2) is 9.01. The highest BCUT2D eigenvalue weighted by Crippen LogP contribution is 2.37. The van der Waals surface area contributed by atoms with E-state index in [1.165, 1.54) is 6.92 Å². The zero-order valence-electron chi connectivity index (χ0n) is 19.0. The number of carbonyl (C=O) groups is 1. The maximum Gasteiger partial charge on any atom is 0.165 e. The van der Waals surface area contributed by atoms with Crippen molar-refractivity contribution in [3.8, 4) is 28.5 Å². The molecule has 0 radical (unpaired) electrons. The van der Waals surface area contributed by atoms with Gasteiger partial charge >= 0.3 is 0 Å². The molecule has 4 rings (SSSR count). The van der Waals surface area contributed by atoms with E-state index in [1.54, 1.807) is 23.5 Å². The first-order valence-corrected chi connectivity index (χ1v) is 10.5. The van der Waals surface area contributed by atoms with Crippen LogP contribution in [0.3, 0.4) is 0 Å². The average Bonchev–Trinajstić information content (AvgIpc) is 2.82. The number of fused-ring (bicyclic) bond motifs is 1. The van der Waals surface area contributed by atoms with E-state index in [0.717, 1.165) is 33.2 Å². The normalized spacial score (nSPS) is 11.0. The molecule has 2 aromatic carbocycles. The number of nitriles is 1. The van der Waals surface area contributed by atoms with Crippen molar-refractivity contribution in [1.82, 2.24) is 14.9 Å². The number of aliphatic imine (C=N–C) groups is 1. The number of carbonyl (C=O) groups excluding carboxylic acids is 1. The van der Waals surface area contributed by atoms with Gasteiger partial charge in [-0.3, -0.25) is 9.78 Å². The van der Waals surface area contributed by atoms with Gasteiger partial charge < -0.3 is 4.90 Å². The van der Waals surface area contributed by atoms with Gasteiger partial charge in [0.05, 0.1) is 34.7 Å². The number of rotatable bonds is 5. The summed E-state index contributed by atoms with van der Waals surface area (Å²) in [6, 6.07) is 19.5. The highest BCUT2D eigenvalue weighted by atomic mass is 16.1. The quantitative estimate of drug-likeness (QED) is 0.233. The van der Waals surface area contributed by atoms with E-state index in [2.05, 4.69) is 16.0 Å². The van der Waals surface area contributed by atoms with Crippen molar-refractivity contribution in [3.05, 3.63) is 77.5 Å². The molecule has 0 aliphatic carbocycles. The zero-order valence-corrected chi connectivity index (χ0v) is 19.0. The molecule has 0 N–H and O–H groups in total. The van der Waals surface area contributed by atoms with Crippen molar-refractivity contribution >= 4 is 28.8 Å². The van der Waals surface area contributed by atoms with Crippen LogP contribution in [0.2, 0.25) is 0 Å². The smallest absolute Gasteiger partial charge is 0.165 e. The Hall–Kier alpha value is -4.37. The van der Waals surface area contributed by atoms with Gasteiger partial charge in [-0.25, -0.2) is 9.98 Å². The highest BCUT2D eigenvalue weighted by molar-refractivity contribution is 6.02. The molecule has 0 aliphatic rings. The lowest BCUT2D eigenvalue weighted by molar-refractivity contribution is 0.101. The van der Waals surface area contributed by atoms with E-state index >= 15 is 0 Å². The molecule has 0 saturated carbocycles. The van der Waals surface area contributed by atoms with Gasteiger partial charge in [0.25, 0.3) is 0 Å². The lowest BCUT2D eigenvalue weighted by atomic mass is 9.92. The topological polar surface area (TPSA) is 82.2 Å². The van der Waals surface area contributed by atoms with Gasteiger partial charge in [0.1, 0.15) is 0 Å². The molecule has 162 valence electrons. The SMILES string of the molecule is CC(=O)c1cc(-c2ccc3ncccc3c2)c(-c2cccc(C#N)c2C)nc1/N=C/N(C)C. The van der Waals surface area contributed by atoms with Gasteiger partial charge in [-0.15, -0.1) is 0 Å². The molecular weight excluding hydrogens is 410 g/mol. The molecule has 0 fully saturated rings. The fourth-order valence-electron chi connectivity index (χ4n) is 3.71. The number of nitrogens with zero attached hydrogens (tertiary/aromatic N) is 5. The van der Waals surface area contributed by atoms with E-state index in [1.807, 2.05) is 69.6 Å². The molecule has 0 aliphatic heterocycles. The molecule has 6 heteroatoms. The Balaban J connectivity index is 2.06. The molecular formula is C27H23N5O. The maximum absolute atomic E-state index is 12.5. The monoisotopic (exact) mass is 433 g/mol. The van der Waals surface area contributed by atoms with Crippen LogP contribution in [0.5, 0.6) is 0 Å². The molecule has 0 spiro atoms. The number of aromatic nitrogens is 2. The standard InChI is InChI=1S/C27H23N5O/c1-17-21(15-28)7-5-9-22(17)26-24(19-10-11-25-20(13-19)8-6-12-29-25)14-23(18(2)33)27(31-26)30-16-32(3)4/h5-14,16H,1-4H3/b30-16+. The fraction of sp³-hybridized carbons (Fsp3) is 0.148. The lowest BCUT2D eigenvalue weighted by Crippen LogP contribution is -2.08. The zero-order chi connectivity index (χ0) is 23.5. The van der Waals surface area contributed by atoms with Gasteiger partial charge in [0.15, 0.2) is 11.6 Å². The Morgan fingerprint density at radius 3 is 2.64 bits per heavy atom. The summed E-state index contributed by atoms with van der Waals surface area (Å²) in [4.78, 5) is 28.1. The van der Waals surface area contributed by atoms with E-state index < -0.39 is 0 Å². The molecule has 4 aromatic rings. The fourth-order valence-corrected chi connectivity index (χ4v) is 3.71. The van der Waals surface area contributed by atoms with E-state index in [4.69, 9.17) is 4.98 Å². The van der Waals surface area contributed by atoms with Crippen LogP contribution in [-0.4, -0.2) is 41.1 Å². The number of hydrogen-bond donors (Lipinski definition) is 0. The van der Waals surface area contributed by atoms with Gasteiger partial charge in [-0.2, -0.15) is 5.26 Å². The van der Waals surface area contributed by atoms with Crippen molar-refractivity contribution in [2.24, 2.45) is 4.99 Å². The summed E-state index contributed by atoms with van der Waals surface area (Å²) >= 11 is 0. The van der Waals surface area contributed by atoms with Crippen LogP contribution in [0.25, 0.3) is 33.3 Å². The minimum atomic E-state index is -0.119. The molecule has 0 atom stereocenters. The van der Waals surface area contributed by atoms with E-state index in [9.17, 15) is 10.1 Å². The summed E-state index contributed by atoms with van der Waals surface area (Å²) in [5.74, 6) is 0.227. The second-order valence-corrected chi connectivity index (χ2v) is 8.02. The third-order valence-corrected chi connectivity index (χ3v) is 5.42. The van der Waals surface area contributed by atoms with Crippen molar-refractivity contribution in [2.75, 3.05) is 14.1 Å². The number of ketones is 1. The molecule has 0 unspecified atom stereocenters. The van der Waals surface area contributed by atoms with Crippen LogP contribution in [0.4, 0.5) is 5.82 Å². The first kappa shape index (κ1) is 21.8. The highest BCUT2D eigenvalue weighted by Gasteiger charge is 2.19. The lowest BCUT2D eigenvalue weighted by Gasteiger charge is -2.16. The minimum absolute atomic E-state index is 0.119. The molecule has 0 saturated heterocycles. The van der Waals surface area contributed by atoms with Crippen LogP contribution in [-0.2, 0) is 0 Å². The number of hydrogen-bond acceptors (Lipinski definition) is 5. The van der Waals surface area contributed by atoms with Gasteiger partial charge in [-0.1, -0.05) is 24.3 Å². The van der Waals surface area contributed by atoms with Crippen molar-refractivity contribution < 1.29 is 4.79 Å². The Labute approximate surface area is 192 Å². The maximum atomic E-state index is 12.5. The van der Waals surface area contributed by atoms with E-state index in [-0.39, 0.29) is 5.78 Å². The Morgan fingerprint density at radius 1 is 1.09 bits per heavy atom. The average molecular weight is 434 g/mol. The number of Topliss-reactive ketones (excluding diaryl/α,β-unsaturated/α-hetero) is 1. The van der Waals surface area contributed by atoms with Gasteiger partial charge in [0.2, 0.25) is 0 Å². The number of pyridine rings is 2. The first-order chi connectivity index (χ1) is 15.9. The molecule has 6 nitrogen and oxygen atoms in total. The predicted molar refractivity (Wildman–Crippen MR) is 132 cm³/mol. The third-order valence-electron chi connectivity index (χ3n) is 5.42. The van der Waals surface area contributed by atoms with Crippen molar-refractivity contribution in [3.63, 3.8) is 0 Å². The minimum Gasteiger partial charge on any atom is -0.369 e. The van der Waals surface area contributed by atoms with Crippen molar-refractivity contribution in [2.45, 2.75) is 13.8 Å². The molecule has 33 heavy (non-hydrogen) atoms. The van der Waals surface area contributed by atoms with Gasteiger partial charge in [-0.05, 0) is 55.3 Å². The Kier molecular flexibility index (Phi) is 5.97. The summed E-state index contributed by atoms with van der Waals surface area (Å²) in [5.41, 5.74) is 5.93. The Bertz CT molecular complexity index is 1450. The summed E-state index contributed by atoms with van der Waals surface area (Å²) in [7, 11) is 3.71.